The molecule has 1 aromatic carbocycles. The van der Waals surface area contributed by atoms with E-state index in [1.807, 2.05) is 4.90 Å². The first-order valence-electron chi connectivity index (χ1n) is 10.2. The van der Waals surface area contributed by atoms with E-state index in [0.717, 1.165) is 32.0 Å². The molecule has 0 saturated carbocycles. The number of hydrogen-bond donors (Lipinski definition) is 2. The summed E-state index contributed by atoms with van der Waals surface area (Å²) in [5.74, 6) is 0.910. The van der Waals surface area contributed by atoms with Crippen LogP contribution in [0.5, 0.6) is 0 Å². The van der Waals surface area contributed by atoms with Gasteiger partial charge in [0, 0.05) is 45.5 Å². The van der Waals surface area contributed by atoms with E-state index in [0.29, 0.717) is 18.9 Å². The van der Waals surface area contributed by atoms with Gasteiger partial charge < -0.3 is 20.4 Å². The van der Waals surface area contributed by atoms with E-state index >= 15 is 0 Å². The number of anilines is 1. The van der Waals surface area contributed by atoms with Gasteiger partial charge in [-0.05, 0) is 43.3 Å². The third kappa shape index (κ3) is 5.90. The molecule has 2 N–H and O–H groups in total. The molecule has 0 aliphatic carbocycles. The predicted molar refractivity (Wildman–Crippen MR) is 117 cm³/mol. The Balaban J connectivity index is 1.51. The molecule has 1 atom stereocenters. The highest BCUT2D eigenvalue weighted by Gasteiger charge is 2.25. The van der Waals surface area contributed by atoms with Gasteiger partial charge in [0.15, 0.2) is 17.6 Å². The number of pyridine rings is 1. The molecule has 0 radical (unpaired) electrons. The average Bonchev–Trinajstić information content (AvgIpc) is 3.20. The number of nitrogens with zero attached hydrogens (tertiary/aromatic N) is 4. The molecular weight excluding hydrogens is 367 g/mol. The summed E-state index contributed by atoms with van der Waals surface area (Å²) in [6.07, 6.45) is 2.54. The lowest BCUT2D eigenvalue weighted by molar-refractivity contribution is 0.345. The van der Waals surface area contributed by atoms with Crippen molar-refractivity contribution in [2.45, 2.75) is 32.5 Å². The first-order chi connectivity index (χ1) is 14.1. The van der Waals surface area contributed by atoms with Gasteiger partial charge in [0.2, 0.25) is 0 Å². The van der Waals surface area contributed by atoms with Crippen molar-refractivity contribution in [3.63, 3.8) is 0 Å². The van der Waals surface area contributed by atoms with E-state index in [-0.39, 0.29) is 11.9 Å². The fourth-order valence-electron chi connectivity index (χ4n) is 3.52. The maximum atomic E-state index is 14.0. The maximum absolute atomic E-state index is 14.0. The molecule has 2 aromatic rings. The summed E-state index contributed by atoms with van der Waals surface area (Å²) in [7, 11) is 3.89. The van der Waals surface area contributed by atoms with Crippen LogP contribution in [0.2, 0.25) is 0 Å². The monoisotopic (exact) mass is 398 g/mol. The zero-order valence-corrected chi connectivity index (χ0v) is 17.5. The van der Waals surface area contributed by atoms with Crippen LogP contribution in [-0.4, -0.2) is 55.6 Å². The number of aromatic nitrogens is 1. The summed E-state index contributed by atoms with van der Waals surface area (Å²) in [5.41, 5.74) is 2.53. The van der Waals surface area contributed by atoms with Gasteiger partial charge in [-0.25, -0.2) is 9.37 Å². The van der Waals surface area contributed by atoms with Crippen molar-refractivity contribution < 1.29 is 4.39 Å². The van der Waals surface area contributed by atoms with Crippen molar-refractivity contribution in [1.82, 2.24) is 20.5 Å². The molecule has 29 heavy (non-hydrogen) atoms. The Labute approximate surface area is 172 Å². The number of halogens is 1. The maximum Gasteiger partial charge on any atom is 0.191 e. The number of benzene rings is 1. The second kappa shape index (κ2) is 10.2. The van der Waals surface area contributed by atoms with E-state index < -0.39 is 0 Å². The van der Waals surface area contributed by atoms with Gasteiger partial charge in [0.05, 0.1) is 0 Å². The first-order valence-corrected chi connectivity index (χ1v) is 10.2. The van der Waals surface area contributed by atoms with Crippen molar-refractivity contribution in [3.05, 3.63) is 59.5 Å². The Morgan fingerprint density at radius 1 is 1.31 bits per heavy atom. The van der Waals surface area contributed by atoms with Crippen LogP contribution >= 0.6 is 0 Å². The fraction of sp³-hybridized carbons (Fsp3) is 0.455. The van der Waals surface area contributed by atoms with Crippen LogP contribution in [0.3, 0.4) is 0 Å². The number of rotatable bonds is 7. The Bertz CT molecular complexity index is 824. The minimum atomic E-state index is -0.274. The molecule has 2 heterocycles. The SMILES string of the molecule is CCN(C)Cc1cccc(CNC(=NC)NC2CCN(c3ncccc3F)C2)c1. The van der Waals surface area contributed by atoms with Crippen molar-refractivity contribution >= 4 is 11.8 Å². The lowest BCUT2D eigenvalue weighted by atomic mass is 10.1. The molecule has 1 unspecified atom stereocenters. The minimum absolute atomic E-state index is 0.201. The lowest BCUT2D eigenvalue weighted by Gasteiger charge is -2.20. The number of guanidine groups is 1. The molecule has 0 bridgehead atoms. The predicted octanol–water partition coefficient (Wildman–Crippen LogP) is 2.62. The molecule has 156 valence electrons. The van der Waals surface area contributed by atoms with E-state index in [2.05, 4.69) is 63.7 Å². The van der Waals surface area contributed by atoms with Crippen LogP contribution in [0.15, 0.2) is 47.6 Å². The Morgan fingerprint density at radius 3 is 2.90 bits per heavy atom. The van der Waals surface area contributed by atoms with Crippen LogP contribution in [0, 0.1) is 5.82 Å². The van der Waals surface area contributed by atoms with Crippen molar-refractivity contribution in [2.24, 2.45) is 4.99 Å². The lowest BCUT2D eigenvalue weighted by Crippen LogP contribution is -2.44. The molecule has 0 spiro atoms. The standard InChI is InChI=1S/C22H31FN6/c1-4-28(3)15-18-8-5-7-17(13-18)14-26-22(24-2)27-19-10-12-29(16-19)21-20(23)9-6-11-25-21/h5-9,11,13,19H,4,10,12,14-16H2,1-3H3,(H2,24,26,27). The highest BCUT2D eigenvalue weighted by Crippen LogP contribution is 2.20. The summed E-state index contributed by atoms with van der Waals surface area (Å²) in [6.45, 7) is 6.31. The van der Waals surface area contributed by atoms with Gasteiger partial charge in [-0.2, -0.15) is 0 Å². The van der Waals surface area contributed by atoms with Crippen molar-refractivity contribution in [3.8, 4) is 0 Å². The zero-order chi connectivity index (χ0) is 20.6. The molecule has 1 saturated heterocycles. The third-order valence-electron chi connectivity index (χ3n) is 5.23. The van der Waals surface area contributed by atoms with Gasteiger partial charge in [-0.1, -0.05) is 31.2 Å². The van der Waals surface area contributed by atoms with Gasteiger partial charge in [0.25, 0.3) is 0 Å². The second-order valence-electron chi connectivity index (χ2n) is 7.46. The zero-order valence-electron chi connectivity index (χ0n) is 17.5. The molecular formula is C22H31FN6. The normalized spacial score (nSPS) is 17.1. The molecule has 0 amide bonds. The van der Waals surface area contributed by atoms with E-state index in [4.69, 9.17) is 0 Å². The summed E-state index contributed by atoms with van der Waals surface area (Å²) < 4.78 is 14.0. The van der Waals surface area contributed by atoms with Crippen LogP contribution < -0.4 is 15.5 Å². The van der Waals surface area contributed by atoms with E-state index in [1.165, 1.54) is 17.2 Å². The third-order valence-corrected chi connectivity index (χ3v) is 5.23. The minimum Gasteiger partial charge on any atom is -0.352 e. The largest absolute Gasteiger partial charge is 0.352 e. The van der Waals surface area contributed by atoms with E-state index in [1.54, 1.807) is 19.3 Å². The summed E-state index contributed by atoms with van der Waals surface area (Å²) in [5, 5.41) is 6.84. The molecule has 1 aliphatic rings. The molecule has 7 heteroatoms. The second-order valence-corrected chi connectivity index (χ2v) is 7.46. The first kappa shape index (κ1) is 21.0. The van der Waals surface area contributed by atoms with Gasteiger partial charge >= 0.3 is 0 Å². The van der Waals surface area contributed by atoms with Crippen LogP contribution in [0.1, 0.15) is 24.5 Å². The smallest absolute Gasteiger partial charge is 0.191 e. The van der Waals surface area contributed by atoms with E-state index in [9.17, 15) is 4.39 Å². The van der Waals surface area contributed by atoms with Crippen LogP contribution in [-0.2, 0) is 13.1 Å². The number of aliphatic imine (C=N–C) groups is 1. The highest BCUT2D eigenvalue weighted by molar-refractivity contribution is 5.80. The quantitative estimate of drug-likeness (QED) is 0.555. The van der Waals surface area contributed by atoms with Crippen molar-refractivity contribution in [2.75, 3.05) is 38.6 Å². The Morgan fingerprint density at radius 2 is 2.14 bits per heavy atom. The van der Waals surface area contributed by atoms with Gasteiger partial charge in [-0.3, -0.25) is 4.99 Å². The number of hydrogen-bond acceptors (Lipinski definition) is 4. The highest BCUT2D eigenvalue weighted by atomic mass is 19.1. The molecule has 1 aromatic heterocycles. The molecule has 1 fully saturated rings. The fourth-order valence-corrected chi connectivity index (χ4v) is 3.52. The summed E-state index contributed by atoms with van der Waals surface area (Å²) in [6, 6.07) is 11.9. The van der Waals surface area contributed by atoms with Gasteiger partial charge in [-0.15, -0.1) is 0 Å². The Kier molecular flexibility index (Phi) is 7.41. The van der Waals surface area contributed by atoms with Gasteiger partial charge in [0.1, 0.15) is 0 Å². The number of nitrogens with one attached hydrogen (secondary N) is 2. The molecule has 1 aliphatic heterocycles. The summed E-state index contributed by atoms with van der Waals surface area (Å²) >= 11 is 0. The molecule has 6 nitrogen and oxygen atoms in total. The Hall–Kier alpha value is -2.67. The topological polar surface area (TPSA) is 55.8 Å². The summed E-state index contributed by atoms with van der Waals surface area (Å²) in [4.78, 5) is 12.8. The van der Waals surface area contributed by atoms with Crippen LogP contribution in [0.25, 0.3) is 0 Å². The van der Waals surface area contributed by atoms with Crippen LogP contribution in [0.4, 0.5) is 10.2 Å². The molecule has 3 rings (SSSR count). The average molecular weight is 399 g/mol. The van der Waals surface area contributed by atoms with Crippen molar-refractivity contribution in [1.29, 1.82) is 0 Å².